The van der Waals surface area contributed by atoms with E-state index in [2.05, 4.69) is 28.6 Å². The molecule has 26 heavy (non-hydrogen) atoms. The zero-order valence-electron chi connectivity index (χ0n) is 16.4. The Morgan fingerprint density at radius 2 is 2.04 bits per heavy atom. The number of carbonyl (C=O) groups excluding carboxylic acids is 1. The maximum Gasteiger partial charge on any atom is 0.224 e. The van der Waals surface area contributed by atoms with E-state index in [4.69, 9.17) is 9.47 Å². The maximum absolute atomic E-state index is 12.8. The van der Waals surface area contributed by atoms with Gasteiger partial charge in [0, 0.05) is 50.9 Å². The molecule has 1 saturated heterocycles. The van der Waals surface area contributed by atoms with Crippen LogP contribution in [0.3, 0.4) is 0 Å². The van der Waals surface area contributed by atoms with Crippen LogP contribution in [0.15, 0.2) is 12.3 Å². The Labute approximate surface area is 156 Å². The molecule has 1 aromatic rings. The number of rotatable bonds is 7. The van der Waals surface area contributed by atoms with Crippen LogP contribution < -0.4 is 9.47 Å². The number of hydrogen-bond donors (Lipinski definition) is 0. The van der Waals surface area contributed by atoms with Gasteiger partial charge in [-0.2, -0.15) is 0 Å². The fourth-order valence-electron chi connectivity index (χ4n) is 3.74. The number of hydrogen-bond acceptors (Lipinski definition) is 5. The highest BCUT2D eigenvalue weighted by molar-refractivity contribution is 5.77. The molecule has 144 valence electrons. The molecule has 1 aromatic heterocycles. The summed E-state index contributed by atoms with van der Waals surface area (Å²) in [5.41, 5.74) is 0.859. The fourth-order valence-corrected chi connectivity index (χ4v) is 3.74. The molecule has 0 bridgehead atoms. The quantitative estimate of drug-likeness (QED) is 0.747. The number of aromatic nitrogens is 1. The molecule has 1 amide bonds. The third-order valence-electron chi connectivity index (χ3n) is 5.47. The van der Waals surface area contributed by atoms with Gasteiger partial charge in [0.15, 0.2) is 11.5 Å². The van der Waals surface area contributed by atoms with Crippen molar-refractivity contribution >= 4 is 5.91 Å². The topological polar surface area (TPSA) is 54.9 Å². The van der Waals surface area contributed by atoms with Crippen molar-refractivity contribution in [3.8, 4) is 11.5 Å². The first-order valence-electron chi connectivity index (χ1n) is 9.61. The Balaban J connectivity index is 1.77. The van der Waals surface area contributed by atoms with Gasteiger partial charge in [0.2, 0.25) is 5.91 Å². The van der Waals surface area contributed by atoms with Crippen LogP contribution in [0, 0.1) is 11.8 Å². The van der Waals surface area contributed by atoms with Gasteiger partial charge in [0.1, 0.15) is 5.69 Å². The van der Waals surface area contributed by atoms with Crippen LogP contribution in [0.1, 0.15) is 38.8 Å². The van der Waals surface area contributed by atoms with Crippen molar-refractivity contribution in [2.75, 3.05) is 33.9 Å². The largest absolute Gasteiger partial charge is 0.493 e. The lowest BCUT2D eigenvalue weighted by Crippen LogP contribution is -2.47. The Hall–Kier alpha value is -1.82. The Bertz CT molecular complexity index is 631. The van der Waals surface area contributed by atoms with Crippen LogP contribution in [0.2, 0.25) is 0 Å². The lowest BCUT2D eigenvalue weighted by molar-refractivity contribution is -0.133. The van der Waals surface area contributed by atoms with Gasteiger partial charge >= 0.3 is 0 Å². The first-order valence-corrected chi connectivity index (χ1v) is 9.61. The van der Waals surface area contributed by atoms with Gasteiger partial charge < -0.3 is 14.4 Å². The van der Waals surface area contributed by atoms with E-state index in [0.717, 1.165) is 25.3 Å². The molecule has 0 aromatic carbocycles. The summed E-state index contributed by atoms with van der Waals surface area (Å²) in [7, 11) is 3.28. The van der Waals surface area contributed by atoms with Crippen LogP contribution in [-0.2, 0) is 11.3 Å². The summed E-state index contributed by atoms with van der Waals surface area (Å²) in [5, 5.41) is 0. The van der Waals surface area contributed by atoms with Crippen molar-refractivity contribution < 1.29 is 14.3 Å². The van der Waals surface area contributed by atoms with Crippen molar-refractivity contribution in [3.63, 3.8) is 0 Å². The lowest BCUT2D eigenvalue weighted by atomic mass is 10.0. The van der Waals surface area contributed by atoms with Gasteiger partial charge in [0.05, 0.1) is 14.2 Å². The molecule has 0 N–H and O–H groups in total. The maximum atomic E-state index is 12.8. The third kappa shape index (κ3) is 4.29. The molecular formula is C20H31N3O3. The van der Waals surface area contributed by atoms with Gasteiger partial charge in [-0.25, -0.2) is 0 Å². The van der Waals surface area contributed by atoms with Gasteiger partial charge in [-0.05, 0) is 24.7 Å². The van der Waals surface area contributed by atoms with E-state index in [1.54, 1.807) is 20.4 Å². The van der Waals surface area contributed by atoms with Gasteiger partial charge in [-0.15, -0.1) is 0 Å². The van der Waals surface area contributed by atoms with Gasteiger partial charge in [-0.1, -0.05) is 13.8 Å². The Morgan fingerprint density at radius 3 is 2.65 bits per heavy atom. The van der Waals surface area contributed by atoms with Crippen LogP contribution >= 0.6 is 0 Å². The van der Waals surface area contributed by atoms with E-state index in [1.807, 2.05) is 6.07 Å². The molecule has 6 heteroatoms. The number of methoxy groups -OCH3 is 2. The fraction of sp³-hybridized carbons (Fsp3) is 0.700. The zero-order chi connectivity index (χ0) is 18.7. The molecule has 6 nitrogen and oxygen atoms in total. The Kier molecular flexibility index (Phi) is 6.01. The van der Waals surface area contributed by atoms with Crippen LogP contribution in [0.25, 0.3) is 0 Å². The van der Waals surface area contributed by atoms with Gasteiger partial charge in [0.25, 0.3) is 0 Å². The van der Waals surface area contributed by atoms with E-state index in [1.165, 1.54) is 12.8 Å². The normalized spacial score (nSPS) is 21.8. The summed E-state index contributed by atoms with van der Waals surface area (Å²) < 4.78 is 10.9. The first-order chi connectivity index (χ1) is 12.5. The second-order valence-corrected chi connectivity index (χ2v) is 7.78. The van der Waals surface area contributed by atoms with Crippen LogP contribution in [-0.4, -0.2) is 60.6 Å². The average Bonchev–Trinajstić information content (AvgIpc) is 3.46. The summed E-state index contributed by atoms with van der Waals surface area (Å²) in [4.78, 5) is 21.7. The summed E-state index contributed by atoms with van der Waals surface area (Å²) in [6, 6.07) is 2.06. The minimum Gasteiger partial charge on any atom is -0.493 e. The molecule has 1 aliphatic carbocycles. The average molecular weight is 361 g/mol. The summed E-state index contributed by atoms with van der Waals surface area (Å²) >= 11 is 0. The van der Waals surface area contributed by atoms with Crippen molar-refractivity contribution in [1.29, 1.82) is 0 Å². The van der Waals surface area contributed by atoms with E-state index >= 15 is 0 Å². The van der Waals surface area contributed by atoms with Crippen molar-refractivity contribution in [2.45, 2.75) is 45.7 Å². The van der Waals surface area contributed by atoms with Gasteiger partial charge in [-0.3, -0.25) is 14.7 Å². The highest BCUT2D eigenvalue weighted by Crippen LogP contribution is 2.33. The number of amides is 1. The lowest BCUT2D eigenvalue weighted by Gasteiger charge is -2.35. The number of pyridine rings is 1. The summed E-state index contributed by atoms with van der Waals surface area (Å²) in [6.45, 7) is 7.64. The third-order valence-corrected chi connectivity index (χ3v) is 5.47. The summed E-state index contributed by atoms with van der Waals surface area (Å²) in [6.07, 6.45) is 4.85. The van der Waals surface area contributed by atoms with E-state index in [9.17, 15) is 4.79 Å². The molecule has 1 aliphatic heterocycles. The molecular weight excluding hydrogens is 330 g/mol. The van der Waals surface area contributed by atoms with Crippen molar-refractivity contribution in [1.82, 2.24) is 14.8 Å². The Morgan fingerprint density at radius 1 is 1.27 bits per heavy atom. The zero-order valence-corrected chi connectivity index (χ0v) is 16.4. The molecule has 2 heterocycles. The van der Waals surface area contributed by atoms with E-state index in [-0.39, 0.29) is 6.04 Å². The smallest absolute Gasteiger partial charge is 0.224 e. The monoisotopic (exact) mass is 361 g/mol. The highest BCUT2D eigenvalue weighted by Gasteiger charge is 2.35. The first kappa shape index (κ1) is 19.0. The van der Waals surface area contributed by atoms with Crippen molar-refractivity contribution in [2.24, 2.45) is 11.8 Å². The van der Waals surface area contributed by atoms with E-state index < -0.39 is 0 Å². The standard InChI is InChI=1S/C20H31N3O3/c1-14(2)17-13-22(10-8-19(24)23(17)11-15-5-6-15)12-16-20(26-4)18(25-3)7-9-21-16/h7,9,14-15,17H,5-6,8,10-13H2,1-4H3/t17-/m1/s1. The molecule has 0 spiro atoms. The molecule has 2 fully saturated rings. The predicted molar refractivity (Wildman–Crippen MR) is 100 cm³/mol. The number of nitrogens with zero attached hydrogens (tertiary/aromatic N) is 3. The van der Waals surface area contributed by atoms with E-state index in [0.29, 0.717) is 42.2 Å². The van der Waals surface area contributed by atoms with Crippen molar-refractivity contribution in [3.05, 3.63) is 18.0 Å². The molecule has 2 aliphatic rings. The van der Waals surface area contributed by atoms with Crippen LogP contribution in [0.4, 0.5) is 0 Å². The predicted octanol–water partition coefficient (Wildman–Crippen LogP) is 2.57. The molecule has 0 radical (unpaired) electrons. The SMILES string of the molecule is COc1ccnc(CN2CCC(=O)N(CC3CC3)[C@@H](C(C)C)C2)c1OC. The summed E-state index contributed by atoms with van der Waals surface area (Å²) in [5.74, 6) is 2.81. The number of ether oxygens (including phenoxy) is 2. The minimum absolute atomic E-state index is 0.252. The molecule has 3 rings (SSSR count). The molecule has 1 saturated carbocycles. The number of carbonyl (C=O) groups is 1. The second kappa shape index (κ2) is 8.25. The molecule has 1 atom stereocenters. The highest BCUT2D eigenvalue weighted by atomic mass is 16.5. The van der Waals surface area contributed by atoms with Crippen LogP contribution in [0.5, 0.6) is 11.5 Å². The molecule has 0 unspecified atom stereocenters. The minimum atomic E-state index is 0.252. The second-order valence-electron chi connectivity index (χ2n) is 7.78.